The third-order valence-corrected chi connectivity index (χ3v) is 4.51. The van der Waals surface area contributed by atoms with Gasteiger partial charge in [0.25, 0.3) is 0 Å². The maximum Gasteiger partial charge on any atom is 0.0246 e. The average Bonchev–Trinajstić information content (AvgIpc) is 2.53. The summed E-state index contributed by atoms with van der Waals surface area (Å²) in [5.41, 5.74) is 0. The Morgan fingerprint density at radius 3 is 3.07 bits per heavy atom. The van der Waals surface area contributed by atoms with Crippen molar-refractivity contribution in [2.75, 3.05) is 12.0 Å². The number of fused-ring (bicyclic) bond motifs is 1. The summed E-state index contributed by atoms with van der Waals surface area (Å²) in [6.07, 6.45) is 10.1. The Hall–Kier alpha value is -0.150. The second-order valence-corrected chi connectivity index (χ2v) is 6.53. The largest absolute Gasteiger partial charge is 0.311 e. The third-order valence-electron chi connectivity index (χ3n) is 3.70. The van der Waals surface area contributed by atoms with E-state index in [1.165, 1.54) is 12.8 Å². The summed E-state index contributed by atoms with van der Waals surface area (Å²) in [6, 6.07) is 1.20. The molecule has 0 aromatic carbocycles. The van der Waals surface area contributed by atoms with Gasteiger partial charge in [-0.1, -0.05) is 12.2 Å². The summed E-state index contributed by atoms with van der Waals surface area (Å²) >= 11 is 0. The summed E-state index contributed by atoms with van der Waals surface area (Å²) in [5.74, 6) is 2.54. The first kappa shape index (κ1) is 11.3. The minimum Gasteiger partial charge on any atom is -0.311 e. The van der Waals surface area contributed by atoms with Crippen LogP contribution in [0.2, 0.25) is 0 Å². The average molecular weight is 227 g/mol. The highest BCUT2D eigenvalue weighted by Gasteiger charge is 2.40. The number of nitrogens with one attached hydrogen (secondary N) is 1. The molecule has 0 radical (unpaired) electrons. The molecule has 1 N–H and O–H groups in total. The van der Waals surface area contributed by atoms with Crippen molar-refractivity contribution >= 4 is 10.8 Å². The van der Waals surface area contributed by atoms with Crippen LogP contribution in [0.4, 0.5) is 0 Å². The Morgan fingerprint density at radius 2 is 2.40 bits per heavy atom. The lowest BCUT2D eigenvalue weighted by Crippen LogP contribution is -2.51. The van der Waals surface area contributed by atoms with Crippen molar-refractivity contribution in [3.05, 3.63) is 12.2 Å². The molecule has 0 bridgehead atoms. The van der Waals surface area contributed by atoms with Crippen LogP contribution >= 0.6 is 0 Å². The maximum atomic E-state index is 11.0. The molecule has 5 unspecified atom stereocenters. The van der Waals surface area contributed by atoms with Gasteiger partial charge in [0.1, 0.15) is 0 Å². The Morgan fingerprint density at radius 1 is 1.60 bits per heavy atom. The topological polar surface area (TPSA) is 29.1 Å². The Kier molecular flexibility index (Phi) is 3.62. The minimum absolute atomic E-state index is 0.508. The third kappa shape index (κ3) is 2.70. The molecule has 1 fully saturated rings. The first-order chi connectivity index (χ1) is 7.16. The van der Waals surface area contributed by atoms with Gasteiger partial charge in [-0.25, -0.2) is 0 Å². The number of hydrogen-bond donors (Lipinski definition) is 1. The van der Waals surface area contributed by atoms with Crippen molar-refractivity contribution in [3.63, 3.8) is 0 Å². The van der Waals surface area contributed by atoms with E-state index in [1.807, 2.05) is 0 Å². The lowest BCUT2D eigenvalue weighted by Gasteiger charge is -2.42. The van der Waals surface area contributed by atoms with Crippen LogP contribution in [0.15, 0.2) is 12.2 Å². The van der Waals surface area contributed by atoms with Gasteiger partial charge in [0.2, 0.25) is 0 Å². The summed E-state index contributed by atoms with van der Waals surface area (Å²) in [4.78, 5) is 0. The molecule has 3 heteroatoms. The lowest BCUT2D eigenvalue weighted by atomic mass is 9.71. The van der Waals surface area contributed by atoms with Crippen molar-refractivity contribution in [2.45, 2.75) is 38.3 Å². The predicted molar refractivity (Wildman–Crippen MR) is 65.3 cm³/mol. The van der Waals surface area contributed by atoms with Crippen molar-refractivity contribution in [1.82, 2.24) is 5.32 Å². The highest BCUT2D eigenvalue weighted by atomic mass is 32.2. The fourth-order valence-electron chi connectivity index (χ4n) is 2.70. The molecule has 0 spiro atoms. The molecule has 0 saturated heterocycles. The molecule has 86 valence electrons. The summed E-state index contributed by atoms with van der Waals surface area (Å²) in [7, 11) is -0.644. The van der Waals surface area contributed by atoms with Crippen LogP contribution in [-0.2, 0) is 10.8 Å². The monoisotopic (exact) mass is 227 g/mol. The molecule has 0 aliphatic heterocycles. The van der Waals surface area contributed by atoms with E-state index in [0.29, 0.717) is 12.1 Å². The highest BCUT2D eigenvalue weighted by Crippen LogP contribution is 2.42. The van der Waals surface area contributed by atoms with Crippen molar-refractivity contribution in [2.24, 2.45) is 11.8 Å². The summed E-state index contributed by atoms with van der Waals surface area (Å²) < 4.78 is 11.0. The maximum absolute atomic E-state index is 11.0. The highest BCUT2D eigenvalue weighted by molar-refractivity contribution is 7.84. The molecule has 15 heavy (non-hydrogen) atoms. The van der Waals surface area contributed by atoms with Gasteiger partial charge in [0.15, 0.2) is 0 Å². The summed E-state index contributed by atoms with van der Waals surface area (Å²) in [6.45, 7) is 2.21. The fraction of sp³-hybridized carbons (Fsp3) is 0.833. The van der Waals surface area contributed by atoms with E-state index in [-0.39, 0.29) is 0 Å². The molecular weight excluding hydrogens is 206 g/mol. The molecule has 1 saturated carbocycles. The molecule has 0 aromatic rings. The Labute approximate surface area is 95.0 Å². The van der Waals surface area contributed by atoms with Crippen LogP contribution in [-0.4, -0.2) is 28.3 Å². The standard InChI is InChI=1S/C12H21NOS/c1-9(6-7-15(2)14)13-12-8-10-4-3-5-11(10)12/h3,5,9-13H,4,6-8H2,1-2H3. The lowest BCUT2D eigenvalue weighted by molar-refractivity contribution is 0.151. The molecule has 0 heterocycles. The van der Waals surface area contributed by atoms with E-state index in [1.54, 1.807) is 6.26 Å². The SMILES string of the molecule is CC(CCS(C)=O)NC1CC2CC=CC21. The number of allylic oxidation sites excluding steroid dienone is 1. The molecule has 0 aromatic heterocycles. The van der Waals surface area contributed by atoms with Crippen LogP contribution < -0.4 is 5.32 Å². The summed E-state index contributed by atoms with van der Waals surface area (Å²) in [5, 5.41) is 3.66. The second kappa shape index (κ2) is 4.79. The molecule has 2 nitrogen and oxygen atoms in total. The molecule has 2 aliphatic carbocycles. The fourth-order valence-corrected chi connectivity index (χ4v) is 3.38. The molecule has 2 rings (SSSR count). The van der Waals surface area contributed by atoms with Gasteiger partial charge in [0, 0.05) is 34.9 Å². The van der Waals surface area contributed by atoms with Gasteiger partial charge >= 0.3 is 0 Å². The molecule has 0 amide bonds. The number of hydrogen-bond acceptors (Lipinski definition) is 2. The van der Waals surface area contributed by atoms with E-state index in [4.69, 9.17) is 0 Å². The van der Waals surface area contributed by atoms with Gasteiger partial charge in [0.05, 0.1) is 0 Å². The zero-order chi connectivity index (χ0) is 10.8. The van der Waals surface area contributed by atoms with Crippen LogP contribution in [0.5, 0.6) is 0 Å². The van der Waals surface area contributed by atoms with Crippen molar-refractivity contribution in [3.8, 4) is 0 Å². The second-order valence-electron chi connectivity index (χ2n) is 4.98. The van der Waals surface area contributed by atoms with Gasteiger partial charge in [-0.15, -0.1) is 0 Å². The first-order valence-corrected chi connectivity index (χ1v) is 7.62. The van der Waals surface area contributed by atoms with Crippen LogP contribution in [0.1, 0.15) is 26.2 Å². The normalized spacial score (nSPS) is 37.1. The van der Waals surface area contributed by atoms with Crippen LogP contribution in [0.25, 0.3) is 0 Å². The van der Waals surface area contributed by atoms with Gasteiger partial charge in [-0.05, 0) is 38.0 Å². The van der Waals surface area contributed by atoms with Gasteiger partial charge in [-0.3, -0.25) is 4.21 Å². The zero-order valence-corrected chi connectivity index (χ0v) is 10.4. The smallest absolute Gasteiger partial charge is 0.0246 e. The van der Waals surface area contributed by atoms with E-state index in [2.05, 4.69) is 24.4 Å². The molecule has 2 aliphatic rings. The Bertz CT molecular complexity index is 277. The van der Waals surface area contributed by atoms with Crippen molar-refractivity contribution < 1.29 is 4.21 Å². The predicted octanol–water partition coefficient (Wildman–Crippen LogP) is 1.70. The molecular formula is C12H21NOS. The van der Waals surface area contributed by atoms with Gasteiger partial charge in [-0.2, -0.15) is 0 Å². The van der Waals surface area contributed by atoms with Crippen LogP contribution in [0, 0.1) is 11.8 Å². The quantitative estimate of drug-likeness (QED) is 0.724. The van der Waals surface area contributed by atoms with E-state index in [9.17, 15) is 4.21 Å². The molecule has 5 atom stereocenters. The first-order valence-electron chi connectivity index (χ1n) is 5.89. The van der Waals surface area contributed by atoms with Gasteiger partial charge < -0.3 is 5.32 Å². The van der Waals surface area contributed by atoms with Crippen LogP contribution in [0.3, 0.4) is 0 Å². The van der Waals surface area contributed by atoms with Crippen molar-refractivity contribution in [1.29, 1.82) is 0 Å². The number of rotatable bonds is 5. The zero-order valence-electron chi connectivity index (χ0n) is 9.61. The van der Waals surface area contributed by atoms with E-state index in [0.717, 1.165) is 24.0 Å². The van der Waals surface area contributed by atoms with E-state index >= 15 is 0 Å². The van der Waals surface area contributed by atoms with E-state index < -0.39 is 10.8 Å². The minimum atomic E-state index is -0.644. The Balaban J connectivity index is 1.69.